The van der Waals surface area contributed by atoms with Crippen molar-refractivity contribution in [3.05, 3.63) is 77.9 Å². The van der Waals surface area contributed by atoms with Crippen molar-refractivity contribution >= 4 is 34.1 Å². The fraction of sp³-hybridized carbons (Fsp3) is 0.174. The summed E-state index contributed by atoms with van der Waals surface area (Å²) >= 11 is 0. The van der Waals surface area contributed by atoms with Gasteiger partial charge in [0, 0.05) is 18.8 Å². The minimum Gasteiger partial charge on any atom is -0.478 e. The van der Waals surface area contributed by atoms with Crippen LogP contribution in [0.15, 0.2) is 66.7 Å². The first kappa shape index (κ1) is 16.4. The lowest BCUT2D eigenvalue weighted by atomic mass is 9.96. The summed E-state index contributed by atoms with van der Waals surface area (Å²) in [5.41, 5.74) is 3.18. The predicted molar refractivity (Wildman–Crippen MR) is 107 cm³/mol. The average molecular weight is 343 g/mol. The molecule has 3 aromatic rings. The molecule has 1 aliphatic rings. The van der Waals surface area contributed by atoms with E-state index in [9.17, 15) is 9.90 Å². The summed E-state index contributed by atoms with van der Waals surface area (Å²) in [7, 11) is 0. The zero-order valence-corrected chi connectivity index (χ0v) is 14.6. The number of fused-ring (bicyclic) bond motifs is 1. The molecule has 0 aliphatic carbocycles. The highest BCUT2D eigenvalue weighted by Crippen LogP contribution is 2.28. The predicted octanol–water partition coefficient (Wildman–Crippen LogP) is 5.07. The van der Waals surface area contributed by atoms with Crippen molar-refractivity contribution in [2.24, 2.45) is 0 Å². The normalized spacial score (nSPS) is 14.8. The van der Waals surface area contributed by atoms with Gasteiger partial charge in [-0.05, 0) is 52.9 Å². The minimum absolute atomic E-state index is 0.315. The first-order valence-corrected chi connectivity index (χ1v) is 9.00. The van der Waals surface area contributed by atoms with Gasteiger partial charge in [-0.15, -0.1) is 0 Å². The van der Waals surface area contributed by atoms with Crippen LogP contribution in [0.3, 0.4) is 0 Å². The van der Waals surface area contributed by atoms with Crippen molar-refractivity contribution in [1.82, 2.24) is 0 Å². The molecule has 0 bridgehead atoms. The number of rotatable bonds is 4. The maximum absolute atomic E-state index is 11.9. The molecule has 0 amide bonds. The smallest absolute Gasteiger partial charge is 0.336 e. The van der Waals surface area contributed by atoms with Gasteiger partial charge in [-0.2, -0.15) is 0 Å². The molecule has 0 unspecified atom stereocenters. The molecule has 0 spiro atoms. The highest BCUT2D eigenvalue weighted by Gasteiger charge is 2.14. The summed E-state index contributed by atoms with van der Waals surface area (Å²) in [6, 6.07) is 21.8. The van der Waals surface area contributed by atoms with E-state index >= 15 is 0 Å². The van der Waals surface area contributed by atoms with Crippen molar-refractivity contribution in [3.8, 4) is 0 Å². The molecule has 0 atom stereocenters. The van der Waals surface area contributed by atoms with Crippen molar-refractivity contribution in [2.75, 3.05) is 18.0 Å². The second-order valence-electron chi connectivity index (χ2n) is 6.68. The van der Waals surface area contributed by atoms with Gasteiger partial charge < -0.3 is 10.0 Å². The fourth-order valence-electron chi connectivity index (χ4n) is 3.64. The molecule has 3 nitrogen and oxygen atoms in total. The maximum Gasteiger partial charge on any atom is 0.336 e. The molecule has 26 heavy (non-hydrogen) atoms. The second kappa shape index (κ2) is 7.04. The van der Waals surface area contributed by atoms with Crippen LogP contribution in [0.1, 0.15) is 24.0 Å². The molecular formula is C23H21NO2. The molecule has 1 N–H and O–H groups in total. The first-order chi connectivity index (χ1) is 12.7. The Morgan fingerprint density at radius 1 is 0.885 bits per heavy atom. The Balaban J connectivity index is 1.73. The first-order valence-electron chi connectivity index (χ1n) is 9.00. The van der Waals surface area contributed by atoms with Gasteiger partial charge in [-0.25, -0.2) is 4.79 Å². The van der Waals surface area contributed by atoms with Gasteiger partial charge in [0.25, 0.3) is 0 Å². The van der Waals surface area contributed by atoms with E-state index in [2.05, 4.69) is 17.0 Å². The molecule has 3 aromatic carbocycles. The summed E-state index contributed by atoms with van der Waals surface area (Å²) in [5, 5.41) is 11.8. The van der Waals surface area contributed by atoms with Gasteiger partial charge in [-0.1, -0.05) is 54.6 Å². The van der Waals surface area contributed by atoms with Crippen LogP contribution in [0.5, 0.6) is 0 Å². The third kappa shape index (κ3) is 3.21. The highest BCUT2D eigenvalue weighted by molar-refractivity contribution is 6.23. The van der Waals surface area contributed by atoms with E-state index in [1.54, 1.807) is 6.08 Å². The Kier molecular flexibility index (Phi) is 4.44. The van der Waals surface area contributed by atoms with E-state index in [0.717, 1.165) is 35.0 Å². The lowest BCUT2D eigenvalue weighted by molar-refractivity contribution is -0.130. The zero-order valence-electron chi connectivity index (χ0n) is 14.6. The minimum atomic E-state index is -0.912. The van der Waals surface area contributed by atoms with Crippen LogP contribution < -0.4 is 4.90 Å². The maximum atomic E-state index is 11.9. The SMILES string of the molecule is O=C(O)/C(=C\c1ccc(N2CCCC2)cc1)c1cccc2ccccc12. The van der Waals surface area contributed by atoms with Crippen LogP contribution in [-0.2, 0) is 4.79 Å². The van der Waals surface area contributed by atoms with E-state index < -0.39 is 5.97 Å². The van der Waals surface area contributed by atoms with Gasteiger partial charge in [0.05, 0.1) is 5.57 Å². The van der Waals surface area contributed by atoms with E-state index in [-0.39, 0.29) is 0 Å². The number of hydrogen-bond acceptors (Lipinski definition) is 2. The largest absolute Gasteiger partial charge is 0.478 e. The average Bonchev–Trinajstić information content (AvgIpc) is 3.21. The molecule has 1 aliphatic heterocycles. The van der Waals surface area contributed by atoms with E-state index in [1.165, 1.54) is 18.5 Å². The van der Waals surface area contributed by atoms with Crippen molar-refractivity contribution in [2.45, 2.75) is 12.8 Å². The standard InChI is InChI=1S/C23H21NO2/c25-23(26)22(21-9-5-7-18-6-1-2-8-20(18)21)16-17-10-12-19(13-11-17)24-14-3-4-15-24/h1-2,5-13,16H,3-4,14-15H2,(H,25,26)/b22-16-. The Bertz CT molecular complexity index is 962. The van der Waals surface area contributed by atoms with Crippen molar-refractivity contribution < 1.29 is 9.90 Å². The molecular weight excluding hydrogens is 322 g/mol. The van der Waals surface area contributed by atoms with Crippen LogP contribution in [-0.4, -0.2) is 24.2 Å². The number of aliphatic carboxylic acids is 1. The molecule has 0 saturated carbocycles. The van der Waals surface area contributed by atoms with Gasteiger partial charge in [0.2, 0.25) is 0 Å². The summed E-state index contributed by atoms with van der Waals surface area (Å²) in [6.07, 6.45) is 4.25. The van der Waals surface area contributed by atoms with Crippen molar-refractivity contribution in [3.63, 3.8) is 0 Å². The van der Waals surface area contributed by atoms with Crippen LogP contribution in [0.2, 0.25) is 0 Å². The molecule has 0 aromatic heterocycles. The van der Waals surface area contributed by atoms with Gasteiger partial charge in [0.1, 0.15) is 0 Å². The number of nitrogens with zero attached hydrogens (tertiary/aromatic N) is 1. The Morgan fingerprint density at radius 2 is 1.58 bits per heavy atom. The third-order valence-corrected chi connectivity index (χ3v) is 4.99. The van der Waals surface area contributed by atoms with E-state index in [0.29, 0.717) is 5.57 Å². The van der Waals surface area contributed by atoms with Gasteiger partial charge >= 0.3 is 5.97 Å². The Hall–Kier alpha value is -3.07. The molecule has 4 rings (SSSR count). The second-order valence-corrected chi connectivity index (χ2v) is 6.68. The highest BCUT2D eigenvalue weighted by atomic mass is 16.4. The molecule has 1 fully saturated rings. The van der Waals surface area contributed by atoms with Crippen molar-refractivity contribution in [1.29, 1.82) is 0 Å². The molecule has 130 valence electrons. The molecule has 0 radical (unpaired) electrons. The van der Waals surface area contributed by atoms with Gasteiger partial charge in [0.15, 0.2) is 0 Å². The zero-order chi connectivity index (χ0) is 17.9. The lowest BCUT2D eigenvalue weighted by Gasteiger charge is -2.17. The van der Waals surface area contributed by atoms with Crippen LogP contribution in [0, 0.1) is 0 Å². The summed E-state index contributed by atoms with van der Waals surface area (Å²) in [5.74, 6) is -0.912. The summed E-state index contributed by atoms with van der Waals surface area (Å²) < 4.78 is 0. The molecule has 1 saturated heterocycles. The van der Waals surface area contributed by atoms with Gasteiger partial charge in [-0.3, -0.25) is 0 Å². The number of hydrogen-bond donors (Lipinski definition) is 1. The summed E-state index contributed by atoms with van der Waals surface area (Å²) in [4.78, 5) is 14.3. The Morgan fingerprint density at radius 3 is 2.31 bits per heavy atom. The number of carboxylic acids is 1. The molecule has 1 heterocycles. The van der Waals surface area contributed by atoms with Crippen LogP contribution in [0.25, 0.3) is 22.4 Å². The quantitative estimate of drug-likeness (QED) is 0.531. The lowest BCUT2D eigenvalue weighted by Crippen LogP contribution is -2.17. The number of carbonyl (C=O) groups is 1. The van der Waals surface area contributed by atoms with E-state index in [1.807, 2.05) is 54.6 Å². The summed E-state index contributed by atoms with van der Waals surface area (Å²) in [6.45, 7) is 2.21. The fourth-order valence-corrected chi connectivity index (χ4v) is 3.64. The Labute approximate surface area is 153 Å². The number of benzene rings is 3. The number of carboxylic acid groups (broad SMARTS) is 1. The third-order valence-electron chi connectivity index (χ3n) is 4.99. The topological polar surface area (TPSA) is 40.5 Å². The van der Waals surface area contributed by atoms with Crippen LogP contribution in [0.4, 0.5) is 5.69 Å². The number of anilines is 1. The monoisotopic (exact) mass is 343 g/mol. The van der Waals surface area contributed by atoms with E-state index in [4.69, 9.17) is 0 Å². The van der Waals surface area contributed by atoms with Crippen LogP contribution >= 0.6 is 0 Å². The molecule has 3 heteroatoms.